The van der Waals surface area contributed by atoms with Crippen LogP contribution in [0.5, 0.6) is 0 Å². The predicted octanol–water partition coefficient (Wildman–Crippen LogP) is 1.99. The van der Waals surface area contributed by atoms with Crippen molar-refractivity contribution in [3.8, 4) is 6.07 Å². The van der Waals surface area contributed by atoms with Crippen LogP contribution in [0.3, 0.4) is 0 Å². The fourth-order valence-corrected chi connectivity index (χ4v) is 2.11. The van der Waals surface area contributed by atoms with Crippen LogP contribution in [0.25, 0.3) is 0 Å². The summed E-state index contributed by atoms with van der Waals surface area (Å²) in [4.78, 5) is 22.2. The molecular weight excluding hydrogens is 304 g/mol. The second kappa shape index (κ2) is 9.10. The Labute approximate surface area is 141 Å². The van der Waals surface area contributed by atoms with E-state index in [9.17, 15) is 4.79 Å². The number of amides is 2. The van der Waals surface area contributed by atoms with Crippen LogP contribution in [0, 0.1) is 11.3 Å². The Kier molecular flexibility index (Phi) is 6.53. The molecule has 24 heavy (non-hydrogen) atoms. The van der Waals surface area contributed by atoms with Gasteiger partial charge in [-0.25, -0.2) is 9.78 Å². The van der Waals surface area contributed by atoms with E-state index < -0.39 is 0 Å². The van der Waals surface area contributed by atoms with Gasteiger partial charge in [0.25, 0.3) is 0 Å². The van der Waals surface area contributed by atoms with Crippen molar-refractivity contribution >= 4 is 11.8 Å². The van der Waals surface area contributed by atoms with Crippen molar-refractivity contribution in [2.45, 2.75) is 13.5 Å². The second-order valence-electron chi connectivity index (χ2n) is 5.01. The first-order valence-electron chi connectivity index (χ1n) is 7.76. The molecule has 0 bridgehead atoms. The van der Waals surface area contributed by atoms with Crippen molar-refractivity contribution in [2.75, 3.05) is 25.0 Å². The lowest BCUT2D eigenvalue weighted by Crippen LogP contribution is -2.41. The third-order valence-corrected chi connectivity index (χ3v) is 3.37. The van der Waals surface area contributed by atoms with E-state index in [1.165, 1.54) is 0 Å². The molecule has 2 N–H and O–H groups in total. The first-order chi connectivity index (χ1) is 11.7. The van der Waals surface area contributed by atoms with Crippen molar-refractivity contribution in [2.24, 2.45) is 0 Å². The zero-order chi connectivity index (χ0) is 17.2. The van der Waals surface area contributed by atoms with E-state index in [-0.39, 0.29) is 6.03 Å². The summed E-state index contributed by atoms with van der Waals surface area (Å²) in [5.41, 5.74) is 1.33. The number of hydrogen-bond donors (Lipinski definition) is 2. The summed E-state index contributed by atoms with van der Waals surface area (Å²) < 4.78 is 0. The largest absolute Gasteiger partial charge is 0.367 e. The van der Waals surface area contributed by atoms with Crippen molar-refractivity contribution in [3.63, 3.8) is 0 Å². The number of urea groups is 1. The molecule has 2 aromatic heterocycles. The first kappa shape index (κ1) is 17.2. The summed E-state index contributed by atoms with van der Waals surface area (Å²) in [5, 5.41) is 14.9. The maximum atomic E-state index is 12.2. The zero-order valence-corrected chi connectivity index (χ0v) is 13.6. The molecule has 0 spiro atoms. The minimum atomic E-state index is -0.147. The number of nitriles is 1. The Hall–Kier alpha value is -3.14. The summed E-state index contributed by atoms with van der Waals surface area (Å²) in [5.74, 6) is 0.523. The number of anilines is 1. The lowest BCUT2D eigenvalue weighted by atomic mass is 10.3. The molecule has 2 heterocycles. The minimum Gasteiger partial charge on any atom is -0.367 e. The van der Waals surface area contributed by atoms with E-state index in [2.05, 4.69) is 26.7 Å². The number of rotatable bonds is 7. The number of aromatic nitrogens is 2. The number of nitrogens with zero attached hydrogens (tertiary/aromatic N) is 4. The maximum absolute atomic E-state index is 12.2. The van der Waals surface area contributed by atoms with Crippen LogP contribution in [0.4, 0.5) is 10.6 Å². The Bertz CT molecular complexity index is 698. The normalized spacial score (nSPS) is 9.83. The van der Waals surface area contributed by atoms with Crippen molar-refractivity contribution < 1.29 is 4.79 Å². The monoisotopic (exact) mass is 324 g/mol. The molecule has 0 unspecified atom stereocenters. The lowest BCUT2D eigenvalue weighted by Gasteiger charge is -2.21. The third kappa shape index (κ3) is 4.95. The van der Waals surface area contributed by atoms with Gasteiger partial charge < -0.3 is 15.5 Å². The molecule has 0 radical (unpaired) electrons. The predicted molar refractivity (Wildman–Crippen MR) is 91.2 cm³/mol. The van der Waals surface area contributed by atoms with Gasteiger partial charge in [0.05, 0.1) is 17.8 Å². The van der Waals surface area contributed by atoms with Crippen LogP contribution in [-0.4, -0.2) is 40.5 Å². The van der Waals surface area contributed by atoms with E-state index in [4.69, 9.17) is 5.26 Å². The Balaban J connectivity index is 1.78. The Morgan fingerprint density at radius 2 is 2.04 bits per heavy atom. The molecule has 0 fully saturated rings. The summed E-state index contributed by atoms with van der Waals surface area (Å²) in [6.07, 6.45) is 3.33. The number of carbonyl (C=O) groups is 1. The zero-order valence-electron chi connectivity index (χ0n) is 13.6. The summed E-state index contributed by atoms with van der Waals surface area (Å²) in [7, 11) is 0. The average Bonchev–Trinajstić information content (AvgIpc) is 2.64. The molecule has 0 aliphatic carbocycles. The molecule has 2 rings (SSSR count). The second-order valence-corrected chi connectivity index (χ2v) is 5.01. The summed E-state index contributed by atoms with van der Waals surface area (Å²) in [6.45, 7) is 3.90. The van der Waals surface area contributed by atoms with Crippen molar-refractivity contribution in [1.29, 1.82) is 5.26 Å². The molecule has 2 aromatic rings. The van der Waals surface area contributed by atoms with Gasteiger partial charge in [0, 0.05) is 32.0 Å². The first-order valence-corrected chi connectivity index (χ1v) is 7.76. The average molecular weight is 324 g/mol. The van der Waals surface area contributed by atoms with Crippen LogP contribution in [0.1, 0.15) is 18.2 Å². The van der Waals surface area contributed by atoms with Crippen LogP contribution in [-0.2, 0) is 6.54 Å². The smallest absolute Gasteiger partial charge is 0.317 e. The Morgan fingerprint density at radius 3 is 2.75 bits per heavy atom. The third-order valence-electron chi connectivity index (χ3n) is 3.37. The number of nitrogens with one attached hydrogen (secondary N) is 2. The maximum Gasteiger partial charge on any atom is 0.317 e. The topological polar surface area (TPSA) is 93.9 Å². The molecule has 7 heteroatoms. The minimum absolute atomic E-state index is 0.147. The van der Waals surface area contributed by atoms with Crippen LogP contribution >= 0.6 is 0 Å². The van der Waals surface area contributed by atoms with Gasteiger partial charge in [0.1, 0.15) is 11.9 Å². The number of hydrogen-bond acceptors (Lipinski definition) is 5. The van der Waals surface area contributed by atoms with E-state index >= 15 is 0 Å². The van der Waals surface area contributed by atoms with Gasteiger partial charge in [-0.3, -0.25) is 4.98 Å². The number of pyridine rings is 2. The highest BCUT2D eigenvalue weighted by Gasteiger charge is 2.11. The Morgan fingerprint density at radius 1 is 1.21 bits per heavy atom. The molecule has 0 aliphatic heterocycles. The van der Waals surface area contributed by atoms with Gasteiger partial charge in [0.15, 0.2) is 0 Å². The lowest BCUT2D eigenvalue weighted by molar-refractivity contribution is 0.198. The van der Waals surface area contributed by atoms with Gasteiger partial charge in [-0.05, 0) is 31.2 Å². The molecule has 7 nitrogen and oxygen atoms in total. The van der Waals surface area contributed by atoms with Gasteiger partial charge in [0.2, 0.25) is 0 Å². The molecular formula is C17H20N6O. The summed E-state index contributed by atoms with van der Waals surface area (Å²) >= 11 is 0. The molecule has 0 aliphatic rings. The van der Waals surface area contributed by atoms with Crippen LogP contribution < -0.4 is 10.6 Å². The molecule has 2 amide bonds. The highest BCUT2D eigenvalue weighted by Crippen LogP contribution is 2.08. The standard InChI is InChI=1S/C17H20N6O/c1-2-23(13-15-7-3-4-8-19-15)17(24)22-11-10-21-16-14(12-18)6-5-9-20-16/h3-9H,2,10-11,13H2,1H3,(H,20,21)(H,22,24). The van der Waals surface area contributed by atoms with Gasteiger partial charge in [-0.15, -0.1) is 0 Å². The fourth-order valence-electron chi connectivity index (χ4n) is 2.11. The molecule has 124 valence electrons. The fraction of sp³-hybridized carbons (Fsp3) is 0.294. The van der Waals surface area contributed by atoms with Gasteiger partial charge in [-0.1, -0.05) is 6.07 Å². The molecule has 0 atom stereocenters. The van der Waals surface area contributed by atoms with Gasteiger partial charge >= 0.3 is 6.03 Å². The van der Waals surface area contributed by atoms with E-state index in [1.54, 1.807) is 29.4 Å². The van der Waals surface area contributed by atoms with Crippen molar-refractivity contribution in [3.05, 3.63) is 54.0 Å². The molecule has 0 aromatic carbocycles. The number of carbonyl (C=O) groups excluding carboxylic acids is 1. The van der Waals surface area contributed by atoms with E-state index in [0.29, 0.717) is 37.6 Å². The molecule has 0 saturated heterocycles. The highest BCUT2D eigenvalue weighted by atomic mass is 16.2. The van der Waals surface area contributed by atoms with Crippen LogP contribution in [0.15, 0.2) is 42.7 Å². The van der Waals surface area contributed by atoms with E-state index in [1.807, 2.05) is 25.1 Å². The highest BCUT2D eigenvalue weighted by molar-refractivity contribution is 5.74. The van der Waals surface area contributed by atoms with Gasteiger partial charge in [-0.2, -0.15) is 5.26 Å². The SMILES string of the molecule is CCN(Cc1ccccn1)C(=O)NCCNc1ncccc1C#N. The quantitative estimate of drug-likeness (QED) is 0.760. The summed E-state index contributed by atoms with van der Waals surface area (Å²) in [6, 6.07) is 11.0. The van der Waals surface area contributed by atoms with Crippen LogP contribution in [0.2, 0.25) is 0 Å². The van der Waals surface area contributed by atoms with E-state index in [0.717, 1.165) is 5.69 Å². The van der Waals surface area contributed by atoms with Crippen molar-refractivity contribution in [1.82, 2.24) is 20.2 Å². The molecule has 0 saturated carbocycles.